The third-order valence-corrected chi connectivity index (χ3v) is 2.08. The first-order valence-corrected chi connectivity index (χ1v) is 5.13. The molecular weight excluding hydrogens is 242 g/mol. The van der Waals surface area contributed by atoms with E-state index in [1.54, 1.807) is 12.1 Å². The highest BCUT2D eigenvalue weighted by molar-refractivity contribution is 6.28. The number of aromatic nitrogens is 2. The third kappa shape index (κ3) is 2.92. The van der Waals surface area contributed by atoms with Gasteiger partial charge in [-0.15, -0.1) is 0 Å². The molecular formula is C11H8ClN3O2. The van der Waals surface area contributed by atoms with Gasteiger partial charge >= 0.3 is 0 Å². The summed E-state index contributed by atoms with van der Waals surface area (Å²) in [6.45, 7) is 0. The quantitative estimate of drug-likeness (QED) is 0.668. The second-order valence-corrected chi connectivity index (χ2v) is 3.37. The van der Waals surface area contributed by atoms with Crippen LogP contribution in [-0.4, -0.2) is 16.4 Å². The molecule has 86 valence electrons. The Bertz CT molecular complexity index is 519. The normalized spacial score (nSPS) is 9.71. The number of rotatable bonds is 4. The number of carbonyl (C=O) groups excluding carboxylic acids is 1. The first kappa shape index (κ1) is 11.3. The molecule has 1 N–H and O–H groups in total. The fourth-order valence-electron chi connectivity index (χ4n) is 1.19. The molecule has 2 aromatic rings. The lowest BCUT2D eigenvalue weighted by Crippen LogP contribution is -2.00. The van der Waals surface area contributed by atoms with Crippen molar-refractivity contribution in [3.8, 4) is 11.6 Å². The van der Waals surface area contributed by atoms with E-state index in [9.17, 15) is 4.79 Å². The average Bonchev–Trinajstić information content (AvgIpc) is 2.34. The van der Waals surface area contributed by atoms with Crippen molar-refractivity contribution < 1.29 is 9.53 Å². The number of hydrogen-bond acceptors (Lipinski definition) is 4. The van der Waals surface area contributed by atoms with Gasteiger partial charge in [0.25, 0.3) is 0 Å². The van der Waals surface area contributed by atoms with Gasteiger partial charge in [-0.2, -0.15) is 4.98 Å². The Kier molecular flexibility index (Phi) is 3.52. The number of benzene rings is 1. The standard InChI is InChI=1S/C11H8ClN3O2/c12-11-13-6-9(14-7-16)10(15-11)17-8-4-2-1-3-5-8/h1-7H,(H,14,16). The minimum Gasteiger partial charge on any atom is -0.437 e. The van der Waals surface area contributed by atoms with Gasteiger partial charge in [0.05, 0.1) is 6.20 Å². The molecule has 0 aliphatic rings. The molecule has 1 amide bonds. The summed E-state index contributed by atoms with van der Waals surface area (Å²) in [6.07, 6.45) is 1.90. The molecule has 0 unspecified atom stereocenters. The van der Waals surface area contributed by atoms with Crippen LogP contribution < -0.4 is 10.1 Å². The molecule has 1 heterocycles. The molecule has 0 spiro atoms. The third-order valence-electron chi connectivity index (χ3n) is 1.90. The average molecular weight is 250 g/mol. The van der Waals surface area contributed by atoms with Gasteiger partial charge in [-0.05, 0) is 23.7 Å². The summed E-state index contributed by atoms with van der Waals surface area (Å²) in [7, 11) is 0. The lowest BCUT2D eigenvalue weighted by Gasteiger charge is -2.08. The second kappa shape index (κ2) is 5.27. The van der Waals surface area contributed by atoms with Crippen molar-refractivity contribution >= 4 is 23.7 Å². The number of halogens is 1. The second-order valence-electron chi connectivity index (χ2n) is 3.04. The lowest BCUT2D eigenvalue weighted by atomic mass is 10.3. The summed E-state index contributed by atoms with van der Waals surface area (Å²) in [5.41, 5.74) is 0.355. The fourth-order valence-corrected chi connectivity index (χ4v) is 1.31. The van der Waals surface area contributed by atoms with Gasteiger partial charge in [0.1, 0.15) is 11.4 Å². The maximum Gasteiger partial charge on any atom is 0.247 e. The van der Waals surface area contributed by atoms with Crippen molar-refractivity contribution in [2.75, 3.05) is 5.32 Å². The first-order chi connectivity index (χ1) is 8.29. The molecule has 0 aliphatic heterocycles. The number of anilines is 1. The molecule has 1 aromatic carbocycles. The molecule has 0 saturated carbocycles. The van der Waals surface area contributed by atoms with Gasteiger partial charge in [-0.1, -0.05) is 18.2 Å². The van der Waals surface area contributed by atoms with Gasteiger partial charge in [0.15, 0.2) is 0 Å². The lowest BCUT2D eigenvalue weighted by molar-refractivity contribution is -0.105. The number of hydrogen-bond donors (Lipinski definition) is 1. The Morgan fingerprint density at radius 2 is 2.06 bits per heavy atom. The SMILES string of the molecule is O=CNc1cnc(Cl)nc1Oc1ccccc1. The Hall–Kier alpha value is -2.14. The Morgan fingerprint density at radius 3 is 2.76 bits per heavy atom. The molecule has 0 aliphatic carbocycles. The molecule has 6 heteroatoms. The zero-order valence-electron chi connectivity index (χ0n) is 8.63. The number of nitrogens with zero attached hydrogens (tertiary/aromatic N) is 2. The largest absolute Gasteiger partial charge is 0.437 e. The Morgan fingerprint density at radius 1 is 1.29 bits per heavy atom. The van der Waals surface area contributed by atoms with Crippen LogP contribution in [0.5, 0.6) is 11.6 Å². The minimum absolute atomic E-state index is 0.0485. The van der Waals surface area contributed by atoms with Crippen LogP contribution in [0.1, 0.15) is 0 Å². The summed E-state index contributed by atoms with van der Waals surface area (Å²) in [6, 6.07) is 9.04. The highest BCUT2D eigenvalue weighted by Gasteiger charge is 2.08. The maximum absolute atomic E-state index is 10.4. The Labute approximate surface area is 102 Å². The summed E-state index contributed by atoms with van der Waals surface area (Å²) < 4.78 is 5.49. The molecule has 0 fully saturated rings. The predicted octanol–water partition coefficient (Wildman–Crippen LogP) is 2.49. The molecule has 1 aromatic heterocycles. The van der Waals surface area contributed by atoms with Gasteiger partial charge in [0.2, 0.25) is 17.6 Å². The van der Waals surface area contributed by atoms with E-state index in [1.165, 1.54) is 6.20 Å². The highest BCUT2D eigenvalue weighted by atomic mass is 35.5. The Balaban J connectivity index is 2.30. The van der Waals surface area contributed by atoms with Crippen LogP contribution >= 0.6 is 11.6 Å². The van der Waals surface area contributed by atoms with Crippen LogP contribution in [0.2, 0.25) is 5.28 Å². The summed E-state index contributed by atoms with van der Waals surface area (Å²) >= 11 is 5.66. The van der Waals surface area contributed by atoms with Crippen LogP contribution in [-0.2, 0) is 4.79 Å². The van der Waals surface area contributed by atoms with Crippen LogP contribution in [0.3, 0.4) is 0 Å². The molecule has 5 nitrogen and oxygen atoms in total. The van der Waals surface area contributed by atoms with E-state index < -0.39 is 0 Å². The highest BCUT2D eigenvalue weighted by Crippen LogP contribution is 2.27. The number of amides is 1. The van der Waals surface area contributed by atoms with E-state index in [4.69, 9.17) is 16.3 Å². The molecule has 0 atom stereocenters. The van der Waals surface area contributed by atoms with E-state index in [0.29, 0.717) is 17.8 Å². The molecule has 0 radical (unpaired) electrons. The van der Waals surface area contributed by atoms with E-state index in [-0.39, 0.29) is 11.2 Å². The zero-order valence-corrected chi connectivity index (χ0v) is 9.39. The van der Waals surface area contributed by atoms with Crippen LogP contribution in [0, 0.1) is 0 Å². The van der Waals surface area contributed by atoms with Crippen LogP contribution in [0.15, 0.2) is 36.5 Å². The summed E-state index contributed by atoms with van der Waals surface area (Å²) in [5, 5.41) is 2.48. The van der Waals surface area contributed by atoms with Crippen molar-refractivity contribution in [2.45, 2.75) is 0 Å². The summed E-state index contributed by atoms with van der Waals surface area (Å²) in [5.74, 6) is 0.791. The van der Waals surface area contributed by atoms with Gasteiger partial charge in [-0.3, -0.25) is 4.79 Å². The minimum atomic E-state index is 0.0485. The van der Waals surface area contributed by atoms with E-state index in [2.05, 4.69) is 15.3 Å². The fraction of sp³-hybridized carbons (Fsp3) is 0. The number of ether oxygens (including phenoxy) is 1. The number of para-hydroxylation sites is 1. The molecule has 2 rings (SSSR count). The molecule has 0 bridgehead atoms. The number of nitrogens with one attached hydrogen (secondary N) is 1. The van der Waals surface area contributed by atoms with Gasteiger partial charge in [-0.25, -0.2) is 4.98 Å². The van der Waals surface area contributed by atoms with Crippen molar-refractivity contribution in [3.63, 3.8) is 0 Å². The summed E-state index contributed by atoms with van der Waals surface area (Å²) in [4.78, 5) is 18.1. The van der Waals surface area contributed by atoms with E-state index >= 15 is 0 Å². The van der Waals surface area contributed by atoms with Gasteiger partial charge < -0.3 is 10.1 Å². The van der Waals surface area contributed by atoms with Crippen LogP contribution in [0.25, 0.3) is 0 Å². The van der Waals surface area contributed by atoms with Crippen molar-refractivity contribution in [1.82, 2.24) is 9.97 Å². The number of carbonyl (C=O) groups is 1. The van der Waals surface area contributed by atoms with Crippen molar-refractivity contribution in [2.24, 2.45) is 0 Å². The molecule has 17 heavy (non-hydrogen) atoms. The van der Waals surface area contributed by atoms with E-state index in [1.807, 2.05) is 18.2 Å². The molecule has 0 saturated heterocycles. The monoisotopic (exact) mass is 249 g/mol. The van der Waals surface area contributed by atoms with Gasteiger partial charge in [0, 0.05) is 0 Å². The smallest absolute Gasteiger partial charge is 0.247 e. The predicted molar refractivity (Wildman–Crippen MR) is 63.2 cm³/mol. The maximum atomic E-state index is 10.4. The zero-order chi connectivity index (χ0) is 12.1. The van der Waals surface area contributed by atoms with Crippen LogP contribution in [0.4, 0.5) is 5.69 Å². The topological polar surface area (TPSA) is 64.1 Å². The first-order valence-electron chi connectivity index (χ1n) is 4.75. The van der Waals surface area contributed by atoms with Crippen molar-refractivity contribution in [1.29, 1.82) is 0 Å². The van der Waals surface area contributed by atoms with E-state index in [0.717, 1.165) is 0 Å². The van der Waals surface area contributed by atoms with Crippen molar-refractivity contribution in [3.05, 3.63) is 41.8 Å².